The van der Waals surface area contributed by atoms with E-state index in [2.05, 4.69) is 127 Å². The van der Waals surface area contributed by atoms with Gasteiger partial charge in [0.2, 0.25) is 0 Å². The van der Waals surface area contributed by atoms with E-state index >= 15 is 4.79 Å². The first-order valence-electron chi connectivity index (χ1n) is 25.1. The van der Waals surface area contributed by atoms with Gasteiger partial charge < -0.3 is 0 Å². The van der Waals surface area contributed by atoms with Crippen LogP contribution in [0.5, 0.6) is 0 Å². The zero-order valence-electron chi connectivity index (χ0n) is 41.5. The van der Waals surface area contributed by atoms with E-state index < -0.39 is 7.26 Å². The van der Waals surface area contributed by atoms with Crippen molar-refractivity contribution in [1.82, 2.24) is 9.80 Å². The summed E-state index contributed by atoms with van der Waals surface area (Å²) in [5, 5.41) is 10.9. The molecule has 0 radical (unpaired) electrons. The van der Waals surface area contributed by atoms with Crippen LogP contribution in [0.1, 0.15) is 113 Å². The molecule has 6 nitrogen and oxygen atoms in total. The molecule has 3 aliphatic rings. The Labute approximate surface area is 431 Å². The van der Waals surface area contributed by atoms with Gasteiger partial charge in [-0.1, -0.05) is 13.8 Å². The Balaban J connectivity index is 1.42. The fourth-order valence-electron chi connectivity index (χ4n) is 12.0. The third kappa shape index (κ3) is 7.19. The van der Waals surface area contributed by atoms with Gasteiger partial charge in [0.15, 0.2) is 0 Å². The van der Waals surface area contributed by atoms with Gasteiger partial charge >= 0.3 is 414 Å². The summed E-state index contributed by atoms with van der Waals surface area (Å²) in [5.41, 5.74) is 7.09. The Morgan fingerprint density at radius 3 is 1.50 bits per heavy atom. The average Bonchev–Trinajstić information content (AvgIpc) is 3.86. The molecule has 1 aliphatic carbocycles. The van der Waals surface area contributed by atoms with E-state index in [1.165, 1.54) is 20.9 Å². The maximum atomic E-state index is 15.5. The second-order valence-electron chi connectivity index (χ2n) is 20.2. The van der Waals surface area contributed by atoms with Gasteiger partial charge in [0.05, 0.1) is 0 Å². The standard InChI is InChI=1S/C64H55N2O4P.Os/c1-8-20-43-34-53-57-49(61(67)65(63(53)69)36-38(3)4)32-30-48-56-52(35-54-58-50(62(68)66(64(54)70)37-39(5)6)31-29-47(60(56)58)55(43)59(48)57)51(33-42-22-19-21-41(42)9-2)40(7)71(44-23-13-10-14-24-44,45-25-15-11-16-26-45)46-27-17-12-18-28-46;/h8-18,20,23-35,38-39H,19,21-22,36-37H2,1-6H3;/q+1;/b20-8+,41-9?,42-33?,51-40?;. The van der Waals surface area contributed by atoms with Crippen LogP contribution in [0.15, 0.2) is 162 Å². The van der Waals surface area contributed by atoms with Crippen molar-refractivity contribution in [2.45, 2.75) is 60.8 Å². The number of hydrogen-bond donors (Lipinski definition) is 0. The van der Waals surface area contributed by atoms with Crippen molar-refractivity contribution in [2.24, 2.45) is 11.8 Å². The maximum absolute atomic E-state index is 15.5. The Morgan fingerprint density at radius 2 is 1.03 bits per heavy atom. The summed E-state index contributed by atoms with van der Waals surface area (Å²) >= 11 is 1.74. The van der Waals surface area contributed by atoms with Crippen molar-refractivity contribution in [3.63, 3.8) is 0 Å². The number of hydrogen-bond acceptors (Lipinski definition) is 4. The van der Waals surface area contributed by atoms with Gasteiger partial charge in [-0.25, -0.2) is 0 Å². The van der Waals surface area contributed by atoms with Crippen LogP contribution in [0.4, 0.5) is 0 Å². The summed E-state index contributed by atoms with van der Waals surface area (Å²) in [5.74, 6) is -1.13. The monoisotopic (exact) mass is 1140 g/mol. The number of nitrogens with zero attached hydrogens (tertiary/aromatic N) is 2. The molecule has 0 aromatic heterocycles. The van der Waals surface area contributed by atoms with E-state index in [1.54, 1.807) is 17.9 Å². The van der Waals surface area contributed by atoms with Gasteiger partial charge in [0.25, 0.3) is 0 Å². The number of benzene rings is 8. The molecule has 0 spiro atoms. The molecule has 0 bridgehead atoms. The van der Waals surface area contributed by atoms with E-state index in [0.717, 1.165) is 89.5 Å². The number of amides is 4. The average molecular weight is 1140 g/mol. The molecule has 0 N–H and O–H groups in total. The van der Waals surface area contributed by atoms with Crippen LogP contribution >= 0.6 is 7.26 Å². The van der Waals surface area contributed by atoms with Crippen LogP contribution in [0.2, 0.25) is 0 Å². The molecular weight excluding hydrogens is 1080 g/mol. The predicted octanol–water partition coefficient (Wildman–Crippen LogP) is 13.5. The number of rotatable bonds is 11. The second kappa shape index (κ2) is 18.6. The van der Waals surface area contributed by atoms with Crippen molar-refractivity contribution < 1.29 is 37.1 Å². The van der Waals surface area contributed by atoms with Gasteiger partial charge in [-0.2, -0.15) is 0 Å². The van der Waals surface area contributed by atoms with Gasteiger partial charge in [0, 0.05) is 0 Å². The SMILES string of the molecule is CC=C1CCCC1=CC(=C([C]#[Os])[P+](c1ccccc1)(c1ccccc1)c1ccccc1)c1cc2c3c(ccc4c5c(/C=C/C)cc6c7c(ccc(c1c34)c75)C(=O)N(CC(C)C)C6=O)C(=O)N(CC(C)C)C2=O. The quantitative estimate of drug-likeness (QED) is 0.0560. The normalized spacial score (nSPS) is 16.7. The van der Waals surface area contributed by atoms with E-state index in [-0.39, 0.29) is 42.0 Å². The van der Waals surface area contributed by atoms with Gasteiger partial charge in [-0.15, -0.1) is 0 Å². The molecule has 2 aliphatic heterocycles. The minimum atomic E-state index is -2.86. The van der Waals surface area contributed by atoms with E-state index in [4.69, 9.17) is 0 Å². The van der Waals surface area contributed by atoms with Crippen LogP contribution in [-0.4, -0.2) is 46.5 Å². The zero-order valence-corrected chi connectivity index (χ0v) is 44.9. The van der Waals surface area contributed by atoms with Gasteiger partial charge in [0.1, 0.15) is 0 Å². The first-order chi connectivity index (χ1) is 34.9. The van der Waals surface area contributed by atoms with Crippen LogP contribution in [-0.2, 0) is 17.9 Å². The third-order valence-electron chi connectivity index (χ3n) is 14.8. The van der Waals surface area contributed by atoms with Crippen LogP contribution < -0.4 is 15.9 Å². The number of carbonyl (C=O) groups excluding carboxylic acids is 4. The molecule has 0 atom stereocenters. The summed E-state index contributed by atoms with van der Waals surface area (Å²) in [6.07, 6.45) is 11.5. The third-order valence-corrected chi connectivity index (χ3v) is 20.2. The number of fused-ring (bicyclic) bond motifs is 2. The van der Waals surface area contributed by atoms with Crippen molar-refractivity contribution in [3.05, 3.63) is 195 Å². The van der Waals surface area contributed by atoms with Crippen molar-refractivity contribution in [1.29, 1.82) is 0 Å². The Morgan fingerprint density at radius 1 is 0.569 bits per heavy atom. The minimum absolute atomic E-state index is 0.0373. The van der Waals surface area contributed by atoms with Gasteiger partial charge in [-0.3, -0.25) is 0 Å². The molecule has 4 amide bonds. The number of imide groups is 2. The van der Waals surface area contributed by atoms with Crippen molar-refractivity contribution in [3.8, 4) is 4.37 Å². The molecule has 8 aromatic rings. The first-order valence-corrected chi connectivity index (χ1v) is 28.2. The fraction of sp³-hybridized carbons (Fsp3) is 0.203. The Kier molecular flexibility index (Phi) is 12.3. The predicted molar refractivity (Wildman–Crippen MR) is 294 cm³/mol. The first kappa shape index (κ1) is 47.5. The molecule has 357 valence electrons. The van der Waals surface area contributed by atoms with Crippen molar-refractivity contribution in [2.75, 3.05) is 13.1 Å². The Hall–Kier alpha value is -6.85. The molecule has 2 heterocycles. The molecule has 72 heavy (non-hydrogen) atoms. The molecule has 0 unspecified atom stereocenters. The summed E-state index contributed by atoms with van der Waals surface area (Å²) in [7, 11) is -2.86. The molecule has 8 heteroatoms. The van der Waals surface area contributed by atoms with E-state index in [0.29, 0.717) is 39.6 Å². The molecule has 0 saturated heterocycles. The summed E-state index contributed by atoms with van der Waals surface area (Å²) in [4.78, 5) is 62.7. The summed E-state index contributed by atoms with van der Waals surface area (Å²) < 4.78 is 3.97. The molecule has 1 fully saturated rings. The molecule has 11 rings (SSSR count). The number of carbonyl (C=O) groups is 4. The Bertz CT molecular complexity index is 3690. The van der Waals surface area contributed by atoms with E-state index in [1.807, 2.05) is 71.0 Å². The molecule has 8 aromatic carbocycles. The topological polar surface area (TPSA) is 74.8 Å². The van der Waals surface area contributed by atoms with Crippen LogP contribution in [0, 0.1) is 16.2 Å². The van der Waals surface area contributed by atoms with Crippen molar-refractivity contribution >= 4 is 102 Å². The van der Waals surface area contributed by atoms with Crippen LogP contribution in [0.25, 0.3) is 54.7 Å². The number of allylic oxidation sites excluding steroid dienone is 7. The summed E-state index contributed by atoms with van der Waals surface area (Å²) in [6.45, 7) is 12.8. The summed E-state index contributed by atoms with van der Waals surface area (Å²) in [6, 6.07) is 44.4. The van der Waals surface area contributed by atoms with Gasteiger partial charge in [-0.05, 0) is 5.92 Å². The van der Waals surface area contributed by atoms with Crippen LogP contribution in [0.3, 0.4) is 0 Å². The fourth-order valence-corrected chi connectivity index (χ4v) is 17.8. The van der Waals surface area contributed by atoms with E-state index in [9.17, 15) is 14.4 Å². The molecule has 1 saturated carbocycles. The molecular formula is C64H55N2O4OsP+. The second-order valence-corrected chi connectivity index (χ2v) is 24.1. The zero-order chi connectivity index (χ0) is 50.2.